The maximum atomic E-state index is 13.0. The number of hydrogen-bond acceptors (Lipinski definition) is 2. The van der Waals surface area contributed by atoms with Gasteiger partial charge in [-0.25, -0.2) is 0 Å². The number of halogens is 1. The molecule has 0 amide bonds. The zero-order valence-electron chi connectivity index (χ0n) is 20.3. The van der Waals surface area contributed by atoms with Crippen molar-refractivity contribution in [3.63, 3.8) is 0 Å². The van der Waals surface area contributed by atoms with E-state index in [1.165, 1.54) is 64.2 Å². The first kappa shape index (κ1) is 25.1. The summed E-state index contributed by atoms with van der Waals surface area (Å²) in [6.45, 7) is 13.4. The molecule has 172 valence electrons. The average Bonchev–Trinajstić information content (AvgIpc) is 3.13. The molecular weight excluding hydrogens is 363 g/mol. The van der Waals surface area contributed by atoms with E-state index >= 15 is 0 Å². The Morgan fingerprint density at radius 2 is 1.69 bits per heavy atom. The third-order valence-corrected chi connectivity index (χ3v) is 10.1. The van der Waals surface area contributed by atoms with Crippen molar-refractivity contribution < 1.29 is 14.6 Å². The third-order valence-electron chi connectivity index (χ3n) is 10.1. The Hall–Kier alpha value is -0.150. The maximum absolute atomic E-state index is 13.0. The third kappa shape index (κ3) is 4.16. The zero-order valence-corrected chi connectivity index (χ0v) is 20.3. The van der Waals surface area contributed by atoms with Gasteiger partial charge in [-0.05, 0) is 116 Å². The monoisotopic (exact) mass is 412 g/mol. The Kier molecular flexibility index (Phi) is 9.04. The molecule has 4 fully saturated rings. The second-order valence-corrected chi connectivity index (χ2v) is 10.6. The fourth-order valence-electron chi connectivity index (χ4n) is 8.85. The van der Waals surface area contributed by atoms with Crippen LogP contribution in [-0.2, 0) is 4.94 Å². The van der Waals surface area contributed by atoms with Crippen LogP contribution < -0.4 is 0 Å². The molecule has 1 N–H and O–H groups in total. The van der Waals surface area contributed by atoms with Crippen LogP contribution in [0.3, 0.4) is 0 Å². The van der Waals surface area contributed by atoms with Gasteiger partial charge in [-0.2, -0.15) is 4.94 Å². The fourth-order valence-corrected chi connectivity index (χ4v) is 8.85. The number of aliphatic hydroxyl groups is 1. The van der Waals surface area contributed by atoms with Crippen LogP contribution >= 0.6 is 0 Å². The molecular formula is C26H49FO2. The van der Waals surface area contributed by atoms with Crippen LogP contribution in [0.25, 0.3) is 0 Å². The van der Waals surface area contributed by atoms with Crippen LogP contribution in [-0.4, -0.2) is 18.3 Å². The molecule has 0 aromatic carbocycles. The van der Waals surface area contributed by atoms with E-state index in [1.54, 1.807) is 0 Å². The first-order chi connectivity index (χ1) is 14.0. The van der Waals surface area contributed by atoms with Crippen molar-refractivity contribution in [2.45, 2.75) is 112 Å². The van der Waals surface area contributed by atoms with Gasteiger partial charge in [-0.3, -0.25) is 0 Å². The maximum Gasteiger partial charge on any atom is 0.0989 e. The van der Waals surface area contributed by atoms with Crippen LogP contribution in [0.4, 0.5) is 4.53 Å². The molecule has 0 aromatic rings. The number of fused-ring (bicyclic) bond motifs is 5. The second kappa shape index (κ2) is 10.4. The molecule has 0 bridgehead atoms. The quantitative estimate of drug-likeness (QED) is 0.517. The summed E-state index contributed by atoms with van der Waals surface area (Å²) < 4.78 is 13.0. The van der Waals surface area contributed by atoms with E-state index in [9.17, 15) is 4.53 Å². The molecule has 4 saturated carbocycles. The van der Waals surface area contributed by atoms with Gasteiger partial charge in [0.2, 0.25) is 0 Å². The van der Waals surface area contributed by atoms with Gasteiger partial charge in [0.15, 0.2) is 0 Å². The number of aliphatic hydroxyl groups excluding tert-OH is 1. The Labute approximate surface area is 180 Å². The molecule has 3 heteroatoms. The standard InChI is InChI=1S/C23H39FO.C2H6.CH4O/c1-5-23-13-10-15(2)14-17(23)6-7-18-20-9-8-19(16(3)25-24)22(20,4)12-11-21(18)23;2*1-2/h15-21H,5-14H2,1-4H3;1-2H3;2H,1H3. The van der Waals surface area contributed by atoms with Crippen molar-refractivity contribution in [2.24, 2.45) is 46.3 Å². The molecule has 4 aliphatic carbocycles. The smallest absolute Gasteiger partial charge is 0.0989 e. The SMILES string of the molecule is CC.CCC12CCC(C)CC1CCC1C3CCC(C(C)OF)C3(C)CCC12.CO. The molecule has 0 heterocycles. The average molecular weight is 413 g/mol. The van der Waals surface area contributed by atoms with Crippen molar-refractivity contribution in [3.8, 4) is 0 Å². The first-order valence-electron chi connectivity index (χ1n) is 12.7. The predicted molar refractivity (Wildman–Crippen MR) is 120 cm³/mol. The van der Waals surface area contributed by atoms with Gasteiger partial charge in [-0.15, -0.1) is 0 Å². The van der Waals surface area contributed by atoms with Crippen LogP contribution in [0, 0.1) is 46.3 Å². The highest BCUT2D eigenvalue weighted by molar-refractivity contribution is 5.10. The van der Waals surface area contributed by atoms with E-state index in [0.717, 1.165) is 36.7 Å². The molecule has 9 unspecified atom stereocenters. The van der Waals surface area contributed by atoms with Gasteiger partial charge in [0.1, 0.15) is 0 Å². The second-order valence-electron chi connectivity index (χ2n) is 10.6. The summed E-state index contributed by atoms with van der Waals surface area (Å²) in [6.07, 6.45) is 13.7. The lowest BCUT2D eigenvalue weighted by Crippen LogP contribution is -2.54. The Morgan fingerprint density at radius 1 is 1.00 bits per heavy atom. The Bertz CT molecular complexity index is 497. The van der Waals surface area contributed by atoms with Gasteiger partial charge in [-0.1, -0.05) is 41.0 Å². The molecule has 0 aromatic heterocycles. The van der Waals surface area contributed by atoms with Gasteiger partial charge in [0, 0.05) is 7.11 Å². The van der Waals surface area contributed by atoms with Crippen LogP contribution in [0.1, 0.15) is 106 Å². The fraction of sp³-hybridized carbons (Fsp3) is 1.00. The molecule has 0 aliphatic heterocycles. The topological polar surface area (TPSA) is 29.5 Å². The first-order valence-corrected chi connectivity index (χ1v) is 12.7. The normalized spacial score (nSPS) is 46.7. The lowest BCUT2D eigenvalue weighted by atomic mass is 9.43. The van der Waals surface area contributed by atoms with Crippen molar-refractivity contribution in [2.75, 3.05) is 7.11 Å². The Balaban J connectivity index is 0.000000707. The Morgan fingerprint density at radius 3 is 2.31 bits per heavy atom. The summed E-state index contributed by atoms with van der Waals surface area (Å²) >= 11 is 0. The summed E-state index contributed by atoms with van der Waals surface area (Å²) in [5, 5.41) is 7.00. The van der Waals surface area contributed by atoms with E-state index in [1.807, 2.05) is 20.8 Å². The summed E-state index contributed by atoms with van der Waals surface area (Å²) in [7, 11) is 1.00. The summed E-state index contributed by atoms with van der Waals surface area (Å²) in [4.78, 5) is 4.32. The van der Waals surface area contributed by atoms with E-state index in [4.69, 9.17) is 5.11 Å². The molecule has 0 spiro atoms. The largest absolute Gasteiger partial charge is 0.400 e. The molecule has 0 radical (unpaired) electrons. The van der Waals surface area contributed by atoms with Crippen LogP contribution in [0.2, 0.25) is 0 Å². The van der Waals surface area contributed by atoms with Gasteiger partial charge in [0.05, 0.1) is 6.10 Å². The summed E-state index contributed by atoms with van der Waals surface area (Å²) in [6, 6.07) is 0. The number of hydrogen-bond donors (Lipinski definition) is 1. The summed E-state index contributed by atoms with van der Waals surface area (Å²) in [5.41, 5.74) is 0.952. The van der Waals surface area contributed by atoms with Gasteiger partial charge in [0.25, 0.3) is 0 Å². The predicted octanol–water partition coefficient (Wildman–Crippen LogP) is 7.60. The molecule has 4 rings (SSSR count). The van der Waals surface area contributed by atoms with Gasteiger partial charge >= 0.3 is 0 Å². The van der Waals surface area contributed by atoms with Crippen LogP contribution in [0.15, 0.2) is 0 Å². The lowest BCUT2D eigenvalue weighted by Gasteiger charge is -2.62. The molecule has 0 saturated heterocycles. The lowest BCUT2D eigenvalue weighted by molar-refractivity contribution is -0.209. The summed E-state index contributed by atoms with van der Waals surface area (Å²) in [5.74, 6) is 5.01. The number of rotatable bonds is 3. The minimum Gasteiger partial charge on any atom is -0.400 e. The van der Waals surface area contributed by atoms with Crippen molar-refractivity contribution in [3.05, 3.63) is 0 Å². The minimum absolute atomic E-state index is 0.224. The highest BCUT2D eigenvalue weighted by Crippen LogP contribution is 2.69. The minimum atomic E-state index is -0.224. The van der Waals surface area contributed by atoms with E-state index in [-0.39, 0.29) is 6.10 Å². The zero-order chi connectivity index (χ0) is 21.8. The molecule has 9 atom stereocenters. The van der Waals surface area contributed by atoms with E-state index in [2.05, 4.69) is 25.7 Å². The van der Waals surface area contributed by atoms with Crippen molar-refractivity contribution in [1.29, 1.82) is 0 Å². The highest BCUT2D eigenvalue weighted by Gasteiger charge is 2.61. The highest BCUT2D eigenvalue weighted by atomic mass is 19.3. The van der Waals surface area contributed by atoms with Crippen molar-refractivity contribution >= 4 is 0 Å². The molecule has 4 aliphatic rings. The van der Waals surface area contributed by atoms with Crippen molar-refractivity contribution in [1.82, 2.24) is 0 Å². The van der Waals surface area contributed by atoms with E-state index in [0.29, 0.717) is 16.7 Å². The van der Waals surface area contributed by atoms with Gasteiger partial charge < -0.3 is 5.11 Å². The van der Waals surface area contributed by atoms with E-state index < -0.39 is 0 Å². The molecule has 2 nitrogen and oxygen atoms in total. The van der Waals surface area contributed by atoms with Crippen LogP contribution in [0.5, 0.6) is 0 Å². The molecule has 29 heavy (non-hydrogen) atoms.